The van der Waals surface area contributed by atoms with Gasteiger partial charge in [0.05, 0.1) is 13.2 Å². The van der Waals surface area contributed by atoms with E-state index in [4.69, 9.17) is 0 Å². The number of thioether (sulfide) groups is 1. The number of methoxy groups -OCH3 is 1. The molecule has 2 unspecified atom stereocenters. The highest BCUT2D eigenvalue weighted by molar-refractivity contribution is 8.03. The molecule has 2 rings (SSSR count). The molecule has 0 radical (unpaired) electrons. The van der Waals surface area contributed by atoms with Crippen LogP contribution in [0.1, 0.15) is 0 Å². The number of hydrogen-bond donors (Lipinski definition) is 1. The summed E-state index contributed by atoms with van der Waals surface area (Å²) in [4.78, 5) is 16.6. The molecule has 2 atom stereocenters. The molecule has 0 aromatic heterocycles. The van der Waals surface area contributed by atoms with Crippen molar-refractivity contribution < 1.29 is 9.53 Å². The van der Waals surface area contributed by atoms with Crippen molar-refractivity contribution in [3.05, 3.63) is 11.0 Å². The summed E-state index contributed by atoms with van der Waals surface area (Å²) < 4.78 is 4.67. The van der Waals surface area contributed by atoms with Crippen LogP contribution in [0.2, 0.25) is 0 Å². The number of nitrogens with one attached hydrogen (secondary N) is 1. The Balaban J connectivity index is 2.18. The smallest absolute Gasteiger partial charge is 0.332 e. The minimum absolute atomic E-state index is 0.0300. The molecule has 1 fully saturated rings. The number of dihydropyridines is 1. The maximum Gasteiger partial charge on any atom is 0.332 e. The van der Waals surface area contributed by atoms with Crippen molar-refractivity contribution in [1.82, 2.24) is 5.32 Å². The number of carbonyl (C=O) groups is 1. The Morgan fingerprint density at radius 3 is 3.46 bits per heavy atom. The molecule has 2 aliphatic rings. The van der Waals surface area contributed by atoms with Gasteiger partial charge in [-0.2, -0.15) is 0 Å². The number of hydrogen-bond acceptors (Lipinski definition) is 5. The number of allylic oxidation sites excluding steroid dienone is 1. The summed E-state index contributed by atoms with van der Waals surface area (Å²) in [6.07, 6.45) is 3.61. The Morgan fingerprint density at radius 1 is 1.85 bits per heavy atom. The molecule has 0 spiro atoms. The largest absolute Gasteiger partial charge is 0.467 e. The van der Waals surface area contributed by atoms with Gasteiger partial charge in [0.1, 0.15) is 0 Å². The number of ether oxygens (including phenoxy) is 1. The Morgan fingerprint density at radius 2 is 2.69 bits per heavy atom. The summed E-state index contributed by atoms with van der Waals surface area (Å²) >= 11 is 1.71. The van der Waals surface area contributed by atoms with Crippen molar-refractivity contribution in [2.24, 2.45) is 4.99 Å². The summed E-state index contributed by atoms with van der Waals surface area (Å²) in [7, 11) is 1.39. The first-order valence-electron chi connectivity index (χ1n) is 4.00. The summed E-state index contributed by atoms with van der Waals surface area (Å²) in [5.74, 6) is 0.565. The third-order valence-corrected chi connectivity index (χ3v) is 3.13. The standard InChI is InChI=1S/C8H10N2O2S/c1-12-8(11)7-6-5(2-3-9-7)13-4-10-6/h2-3,6-7,10H,4H2,1H3. The number of nitrogens with zero attached hydrogens (tertiary/aromatic N) is 1. The average molecular weight is 198 g/mol. The molecule has 0 aromatic carbocycles. The molecule has 5 heteroatoms. The summed E-state index contributed by atoms with van der Waals surface area (Å²) in [5.41, 5.74) is 0. The van der Waals surface area contributed by atoms with Crippen LogP contribution >= 0.6 is 11.8 Å². The number of fused-ring (bicyclic) bond motifs is 1. The van der Waals surface area contributed by atoms with Gasteiger partial charge in [0.15, 0.2) is 6.04 Å². The first-order chi connectivity index (χ1) is 6.33. The van der Waals surface area contributed by atoms with Crippen LogP contribution in [0.25, 0.3) is 0 Å². The highest BCUT2D eigenvalue weighted by atomic mass is 32.2. The molecule has 0 aromatic rings. The molecule has 70 valence electrons. The lowest BCUT2D eigenvalue weighted by molar-refractivity contribution is -0.142. The Kier molecular flexibility index (Phi) is 2.37. The SMILES string of the molecule is COC(=O)C1N=CC=C2SCNC21. The maximum atomic E-state index is 11.3. The second-order valence-corrected chi connectivity index (χ2v) is 3.85. The normalized spacial score (nSPS) is 31.0. The van der Waals surface area contributed by atoms with Crippen molar-refractivity contribution in [2.75, 3.05) is 13.0 Å². The van der Waals surface area contributed by atoms with Crippen LogP contribution in [0.4, 0.5) is 0 Å². The van der Waals surface area contributed by atoms with Crippen LogP contribution < -0.4 is 5.32 Å². The van der Waals surface area contributed by atoms with E-state index in [0.717, 1.165) is 5.88 Å². The van der Waals surface area contributed by atoms with Gasteiger partial charge in [-0.25, -0.2) is 4.79 Å². The van der Waals surface area contributed by atoms with Gasteiger partial charge in [-0.15, -0.1) is 11.8 Å². The van der Waals surface area contributed by atoms with Crippen molar-refractivity contribution >= 4 is 23.9 Å². The molecule has 2 heterocycles. The fourth-order valence-electron chi connectivity index (χ4n) is 1.44. The van der Waals surface area contributed by atoms with Gasteiger partial charge in [-0.1, -0.05) is 0 Å². The van der Waals surface area contributed by atoms with Crippen molar-refractivity contribution in [2.45, 2.75) is 12.1 Å². The van der Waals surface area contributed by atoms with Gasteiger partial charge < -0.3 is 4.74 Å². The Bertz CT molecular complexity index is 288. The van der Waals surface area contributed by atoms with E-state index in [1.807, 2.05) is 6.08 Å². The molecule has 0 saturated carbocycles. The zero-order chi connectivity index (χ0) is 9.26. The fraction of sp³-hybridized carbons (Fsp3) is 0.500. The molecule has 0 aliphatic carbocycles. The molecule has 0 amide bonds. The summed E-state index contributed by atoms with van der Waals surface area (Å²) in [6.45, 7) is 0. The van der Waals surface area contributed by atoms with Crippen molar-refractivity contribution in [3.63, 3.8) is 0 Å². The molecule has 0 bridgehead atoms. The average Bonchev–Trinajstić information content (AvgIpc) is 2.63. The topological polar surface area (TPSA) is 50.7 Å². The fourth-order valence-corrected chi connectivity index (χ4v) is 2.42. The van der Waals surface area contributed by atoms with Gasteiger partial charge in [-0.3, -0.25) is 10.3 Å². The zero-order valence-electron chi connectivity index (χ0n) is 7.19. The Hall–Kier alpha value is -0.810. The third kappa shape index (κ3) is 1.49. The van der Waals surface area contributed by atoms with Gasteiger partial charge >= 0.3 is 5.97 Å². The second kappa shape index (κ2) is 3.51. The lowest BCUT2D eigenvalue weighted by Crippen LogP contribution is -2.42. The number of esters is 1. The monoisotopic (exact) mass is 198 g/mol. The van der Waals surface area contributed by atoms with Crippen LogP contribution in [0, 0.1) is 0 Å². The van der Waals surface area contributed by atoms with Crippen LogP contribution in [0.3, 0.4) is 0 Å². The van der Waals surface area contributed by atoms with E-state index in [-0.39, 0.29) is 12.0 Å². The zero-order valence-corrected chi connectivity index (χ0v) is 8.00. The summed E-state index contributed by atoms with van der Waals surface area (Å²) in [5, 5.41) is 3.20. The second-order valence-electron chi connectivity index (χ2n) is 2.81. The van der Waals surface area contributed by atoms with E-state index >= 15 is 0 Å². The first kappa shape index (κ1) is 8.77. The van der Waals surface area contributed by atoms with E-state index in [1.165, 1.54) is 12.0 Å². The molecule has 2 aliphatic heterocycles. The lowest BCUT2D eigenvalue weighted by atomic mass is 10.1. The molecule has 4 nitrogen and oxygen atoms in total. The molecule has 1 N–H and O–H groups in total. The van der Waals surface area contributed by atoms with Gasteiger partial charge in [-0.05, 0) is 6.08 Å². The minimum Gasteiger partial charge on any atom is -0.467 e. The molecular weight excluding hydrogens is 188 g/mol. The number of aliphatic imine (C=N–C) groups is 1. The van der Waals surface area contributed by atoms with Crippen LogP contribution in [-0.4, -0.2) is 37.3 Å². The van der Waals surface area contributed by atoms with E-state index in [2.05, 4.69) is 15.0 Å². The van der Waals surface area contributed by atoms with Gasteiger partial charge in [0.2, 0.25) is 0 Å². The molecular formula is C8H10N2O2S. The number of rotatable bonds is 1. The minimum atomic E-state index is -0.403. The van der Waals surface area contributed by atoms with Crippen molar-refractivity contribution in [1.29, 1.82) is 0 Å². The third-order valence-electron chi connectivity index (χ3n) is 2.09. The van der Waals surface area contributed by atoms with Crippen LogP contribution in [0.15, 0.2) is 16.0 Å². The van der Waals surface area contributed by atoms with Gasteiger partial charge in [0.25, 0.3) is 0 Å². The van der Waals surface area contributed by atoms with E-state index in [9.17, 15) is 4.79 Å². The van der Waals surface area contributed by atoms with Gasteiger partial charge in [0, 0.05) is 17.0 Å². The highest BCUT2D eigenvalue weighted by Crippen LogP contribution is 2.30. The molecule has 13 heavy (non-hydrogen) atoms. The predicted octanol–water partition coefficient (Wildman–Crippen LogP) is 0.159. The molecule has 1 saturated heterocycles. The van der Waals surface area contributed by atoms with E-state index in [1.54, 1.807) is 18.0 Å². The van der Waals surface area contributed by atoms with E-state index in [0.29, 0.717) is 0 Å². The maximum absolute atomic E-state index is 11.3. The van der Waals surface area contributed by atoms with Crippen LogP contribution in [0.5, 0.6) is 0 Å². The number of carbonyl (C=O) groups excluding carboxylic acids is 1. The summed E-state index contributed by atoms with van der Waals surface area (Å²) in [6, 6.07) is -0.373. The first-order valence-corrected chi connectivity index (χ1v) is 4.99. The predicted molar refractivity (Wildman–Crippen MR) is 51.8 cm³/mol. The lowest BCUT2D eigenvalue weighted by Gasteiger charge is -2.20. The van der Waals surface area contributed by atoms with Crippen molar-refractivity contribution in [3.8, 4) is 0 Å². The highest BCUT2D eigenvalue weighted by Gasteiger charge is 2.35. The Labute approximate surface area is 80.4 Å². The van der Waals surface area contributed by atoms with Crippen LogP contribution in [-0.2, 0) is 9.53 Å². The quantitative estimate of drug-likeness (QED) is 0.610. The van der Waals surface area contributed by atoms with E-state index < -0.39 is 6.04 Å².